The lowest BCUT2D eigenvalue weighted by molar-refractivity contribution is -0.126. The largest absolute Gasteiger partial charge is 0.345 e. The van der Waals surface area contributed by atoms with Gasteiger partial charge in [-0.1, -0.05) is 41.0 Å². The number of likely N-dealkylation sites (tertiary alicyclic amines) is 1. The average Bonchev–Trinajstić information content (AvgIpc) is 2.35. The Labute approximate surface area is 83.3 Å². The molecule has 1 amide bonds. The fraction of sp³-hybridized carbons (Fsp3) is 0.909. The first kappa shape index (κ1) is 15.0. The molecule has 13 heavy (non-hydrogen) atoms. The van der Waals surface area contributed by atoms with E-state index in [0.29, 0.717) is 5.92 Å². The van der Waals surface area contributed by atoms with Crippen LogP contribution in [0.1, 0.15) is 47.5 Å². The van der Waals surface area contributed by atoms with E-state index in [9.17, 15) is 4.79 Å². The van der Waals surface area contributed by atoms with Crippen molar-refractivity contribution in [2.24, 2.45) is 5.92 Å². The minimum Gasteiger partial charge on any atom is -0.345 e. The molecule has 0 bridgehead atoms. The maximum Gasteiger partial charge on any atom is 0.222 e. The summed E-state index contributed by atoms with van der Waals surface area (Å²) >= 11 is 0. The maximum atomic E-state index is 10.7. The predicted octanol–water partition coefficient (Wildman–Crippen LogP) is 2.93. The standard InChI is InChI=1S/C6H11NO.C3H8.C2H6/c1-5-3-6(8)7(2)4-5;1-3-2;1-2/h5H,3-4H2,1-2H3;3H2,1-2H3;1-2H3. The first-order valence-electron chi connectivity index (χ1n) is 5.35. The van der Waals surface area contributed by atoms with Gasteiger partial charge in [0.25, 0.3) is 0 Å². The Balaban J connectivity index is 0. The van der Waals surface area contributed by atoms with Gasteiger partial charge in [-0.15, -0.1) is 0 Å². The number of hydrogen-bond donors (Lipinski definition) is 0. The lowest BCUT2D eigenvalue weighted by Gasteiger charge is -2.04. The SMILES string of the molecule is CC.CC1CC(=O)N(C)C1.CCC. The van der Waals surface area contributed by atoms with E-state index in [2.05, 4.69) is 20.8 Å². The average molecular weight is 187 g/mol. The van der Waals surface area contributed by atoms with Crippen LogP contribution in [0.3, 0.4) is 0 Å². The van der Waals surface area contributed by atoms with Crippen molar-refractivity contribution < 1.29 is 4.79 Å². The third-order valence-electron chi connectivity index (χ3n) is 1.53. The Hall–Kier alpha value is -0.530. The highest BCUT2D eigenvalue weighted by atomic mass is 16.2. The molecule has 0 aliphatic carbocycles. The number of amides is 1. The molecule has 1 heterocycles. The zero-order chi connectivity index (χ0) is 10.9. The van der Waals surface area contributed by atoms with Crippen molar-refractivity contribution in [1.29, 1.82) is 0 Å². The summed E-state index contributed by atoms with van der Waals surface area (Å²) in [6, 6.07) is 0. The van der Waals surface area contributed by atoms with E-state index >= 15 is 0 Å². The molecule has 2 heteroatoms. The fourth-order valence-corrected chi connectivity index (χ4v) is 1.09. The molecule has 0 aromatic heterocycles. The van der Waals surface area contributed by atoms with Crippen molar-refractivity contribution in [2.75, 3.05) is 13.6 Å². The van der Waals surface area contributed by atoms with Crippen molar-refractivity contribution in [1.82, 2.24) is 4.90 Å². The Morgan fingerprint density at radius 2 is 1.77 bits per heavy atom. The molecule has 0 aromatic rings. The summed E-state index contributed by atoms with van der Waals surface area (Å²) in [4.78, 5) is 12.5. The highest BCUT2D eigenvalue weighted by molar-refractivity contribution is 5.78. The number of carbonyl (C=O) groups excluding carboxylic acids is 1. The molecule has 1 saturated heterocycles. The molecule has 1 rings (SSSR count). The van der Waals surface area contributed by atoms with E-state index in [-0.39, 0.29) is 5.91 Å². The van der Waals surface area contributed by atoms with Gasteiger partial charge in [-0.2, -0.15) is 0 Å². The van der Waals surface area contributed by atoms with Crippen LogP contribution in [0.4, 0.5) is 0 Å². The summed E-state index contributed by atoms with van der Waals surface area (Å²) in [5.41, 5.74) is 0. The molecule has 1 aliphatic heterocycles. The van der Waals surface area contributed by atoms with E-state index in [1.165, 1.54) is 6.42 Å². The smallest absolute Gasteiger partial charge is 0.222 e. The first-order valence-corrected chi connectivity index (χ1v) is 5.35. The highest BCUT2D eigenvalue weighted by Gasteiger charge is 2.22. The number of nitrogens with zero attached hydrogens (tertiary/aromatic N) is 1. The van der Waals surface area contributed by atoms with Crippen LogP contribution in [0.25, 0.3) is 0 Å². The van der Waals surface area contributed by atoms with Gasteiger partial charge in [-0.25, -0.2) is 0 Å². The van der Waals surface area contributed by atoms with Gasteiger partial charge < -0.3 is 4.90 Å². The number of rotatable bonds is 0. The first-order chi connectivity index (χ1) is 6.11. The van der Waals surface area contributed by atoms with E-state index < -0.39 is 0 Å². The Kier molecular flexibility index (Phi) is 11.0. The van der Waals surface area contributed by atoms with Crippen LogP contribution in [0, 0.1) is 5.92 Å². The van der Waals surface area contributed by atoms with Gasteiger partial charge in [-0.3, -0.25) is 4.79 Å². The van der Waals surface area contributed by atoms with Crippen LogP contribution in [-0.4, -0.2) is 24.4 Å². The Bertz CT molecular complexity index is 123. The summed E-state index contributed by atoms with van der Waals surface area (Å²) in [5.74, 6) is 0.866. The Morgan fingerprint density at radius 1 is 1.38 bits per heavy atom. The van der Waals surface area contributed by atoms with E-state index in [1.807, 2.05) is 20.9 Å². The molecular weight excluding hydrogens is 162 g/mol. The van der Waals surface area contributed by atoms with Gasteiger partial charge in [0.1, 0.15) is 0 Å². The van der Waals surface area contributed by atoms with Crippen LogP contribution >= 0.6 is 0 Å². The zero-order valence-electron chi connectivity index (χ0n) is 10.1. The van der Waals surface area contributed by atoms with Crippen molar-refractivity contribution >= 4 is 5.91 Å². The van der Waals surface area contributed by atoms with Gasteiger partial charge in [0.2, 0.25) is 5.91 Å². The molecule has 1 unspecified atom stereocenters. The molecule has 80 valence electrons. The van der Waals surface area contributed by atoms with Crippen molar-refractivity contribution in [2.45, 2.75) is 47.5 Å². The minimum atomic E-state index is 0.289. The minimum absolute atomic E-state index is 0.289. The van der Waals surface area contributed by atoms with Crippen LogP contribution in [0.2, 0.25) is 0 Å². The lowest BCUT2D eigenvalue weighted by Crippen LogP contribution is -2.18. The van der Waals surface area contributed by atoms with Crippen molar-refractivity contribution in [3.05, 3.63) is 0 Å². The summed E-state index contributed by atoms with van der Waals surface area (Å²) in [6.45, 7) is 11.3. The molecule has 0 radical (unpaired) electrons. The second-order valence-electron chi connectivity index (χ2n) is 3.29. The second kappa shape index (κ2) is 9.56. The summed E-state index contributed by atoms with van der Waals surface area (Å²) in [5, 5.41) is 0. The van der Waals surface area contributed by atoms with Crippen LogP contribution in [-0.2, 0) is 4.79 Å². The normalized spacial score (nSPS) is 20.0. The highest BCUT2D eigenvalue weighted by Crippen LogP contribution is 2.13. The van der Waals surface area contributed by atoms with Gasteiger partial charge in [-0.05, 0) is 5.92 Å². The number of hydrogen-bond acceptors (Lipinski definition) is 1. The molecule has 0 aromatic carbocycles. The van der Waals surface area contributed by atoms with Crippen LogP contribution in [0.15, 0.2) is 0 Å². The Morgan fingerprint density at radius 3 is 1.85 bits per heavy atom. The predicted molar refractivity (Wildman–Crippen MR) is 58.7 cm³/mol. The summed E-state index contributed by atoms with van der Waals surface area (Å²) in [7, 11) is 1.85. The monoisotopic (exact) mass is 187 g/mol. The third-order valence-corrected chi connectivity index (χ3v) is 1.53. The van der Waals surface area contributed by atoms with Crippen molar-refractivity contribution in [3.63, 3.8) is 0 Å². The quantitative estimate of drug-likeness (QED) is 0.571. The third kappa shape index (κ3) is 7.82. The molecule has 0 spiro atoms. The molecule has 1 fully saturated rings. The second-order valence-corrected chi connectivity index (χ2v) is 3.29. The van der Waals surface area contributed by atoms with Crippen molar-refractivity contribution in [3.8, 4) is 0 Å². The topological polar surface area (TPSA) is 20.3 Å². The van der Waals surface area contributed by atoms with E-state index in [0.717, 1.165) is 13.0 Å². The van der Waals surface area contributed by atoms with Gasteiger partial charge in [0, 0.05) is 20.0 Å². The van der Waals surface area contributed by atoms with Gasteiger partial charge >= 0.3 is 0 Å². The number of carbonyl (C=O) groups is 1. The molecule has 1 aliphatic rings. The lowest BCUT2D eigenvalue weighted by atomic mass is 10.2. The zero-order valence-corrected chi connectivity index (χ0v) is 10.1. The van der Waals surface area contributed by atoms with E-state index in [4.69, 9.17) is 0 Å². The van der Waals surface area contributed by atoms with Crippen LogP contribution in [0.5, 0.6) is 0 Å². The summed E-state index contributed by atoms with van der Waals surface area (Å²) in [6.07, 6.45) is 2.00. The van der Waals surface area contributed by atoms with Crippen LogP contribution < -0.4 is 0 Å². The summed E-state index contributed by atoms with van der Waals surface area (Å²) < 4.78 is 0. The molecular formula is C11H25NO. The molecule has 0 saturated carbocycles. The molecule has 0 N–H and O–H groups in total. The fourth-order valence-electron chi connectivity index (χ4n) is 1.09. The maximum absolute atomic E-state index is 10.7. The molecule has 1 atom stereocenters. The molecule has 2 nitrogen and oxygen atoms in total. The van der Waals surface area contributed by atoms with E-state index in [1.54, 1.807) is 4.90 Å². The van der Waals surface area contributed by atoms with Gasteiger partial charge in [0.05, 0.1) is 0 Å². The van der Waals surface area contributed by atoms with Gasteiger partial charge in [0.15, 0.2) is 0 Å².